The van der Waals surface area contributed by atoms with E-state index in [1.165, 1.54) is 4.90 Å². The van der Waals surface area contributed by atoms with Crippen molar-refractivity contribution in [3.63, 3.8) is 0 Å². The molecule has 3 aliphatic rings. The van der Waals surface area contributed by atoms with Crippen LogP contribution in [0.1, 0.15) is 42.0 Å². The highest BCUT2D eigenvalue weighted by Crippen LogP contribution is 2.53. The summed E-state index contributed by atoms with van der Waals surface area (Å²) in [5.41, 5.74) is 3.65. The van der Waals surface area contributed by atoms with Gasteiger partial charge in [0.1, 0.15) is 28.6 Å². The second-order valence-corrected chi connectivity index (χ2v) is 11.5. The zero-order valence-corrected chi connectivity index (χ0v) is 23.4. The average Bonchev–Trinajstić information content (AvgIpc) is 2.85. The SMILES string of the molecule is CCc1cc(CCC(=O)CN(C)C)c(O)c2c1C[C@@H]1C[C@H]3C(N(C)C)C(=O)C(C(N)=O)=C(O)[C@]3(O)C(=O)C1=C2O. The number of Topliss-reactive ketones (excluding diaryl/α,β-unsaturated/α-hetero) is 3. The normalized spacial score (nSPS) is 26.2. The number of hydrogen-bond acceptors (Lipinski definition) is 10. The van der Waals surface area contributed by atoms with Crippen molar-refractivity contribution in [2.24, 2.45) is 17.6 Å². The molecule has 0 radical (unpaired) electrons. The maximum absolute atomic E-state index is 14.0. The molecule has 1 aromatic carbocycles. The smallest absolute Gasteiger partial charge is 0.255 e. The van der Waals surface area contributed by atoms with Crippen LogP contribution in [-0.2, 0) is 38.4 Å². The van der Waals surface area contributed by atoms with Crippen LogP contribution < -0.4 is 5.73 Å². The number of rotatable bonds is 8. The first kappa shape index (κ1) is 29.4. The molecular weight excluding hydrogens is 518 g/mol. The number of fused-ring (bicyclic) bond motifs is 3. The Morgan fingerprint density at radius 3 is 2.30 bits per heavy atom. The standard InChI is InChI=1S/C29H37N3O8/c1-6-13-9-14(7-8-16(33)12-31(2)3)23(34)20-17(13)10-15-11-18-22(32(4)5)25(36)21(28(30)39)27(38)29(18,40)26(37)19(15)24(20)35/h9,15,18,22,34-35,38,40H,6-8,10-12H2,1-5H3,(H2,30,39)/t15-,18+,22?,29-/m1/s1. The van der Waals surface area contributed by atoms with Gasteiger partial charge in [0.05, 0.1) is 18.2 Å². The highest BCUT2D eigenvalue weighted by atomic mass is 16.3. The van der Waals surface area contributed by atoms with E-state index in [1.54, 1.807) is 33.1 Å². The van der Waals surface area contributed by atoms with Crippen molar-refractivity contribution >= 4 is 29.0 Å². The highest BCUT2D eigenvalue weighted by Gasteiger charge is 2.64. The third-order valence-corrected chi connectivity index (χ3v) is 8.44. The molecule has 216 valence electrons. The first-order valence-corrected chi connectivity index (χ1v) is 13.3. The van der Waals surface area contributed by atoms with Gasteiger partial charge < -0.3 is 31.1 Å². The minimum atomic E-state index is -2.68. The molecule has 0 heterocycles. The fraction of sp³-hybridized carbons (Fsp3) is 0.517. The number of likely N-dealkylation sites (N-methyl/N-ethyl adjacent to an activating group) is 2. The molecule has 1 saturated carbocycles. The number of amides is 1. The van der Waals surface area contributed by atoms with Gasteiger partial charge in [0.15, 0.2) is 11.4 Å². The van der Waals surface area contributed by atoms with E-state index >= 15 is 0 Å². The van der Waals surface area contributed by atoms with Crippen molar-refractivity contribution < 1.29 is 39.6 Å². The Balaban J connectivity index is 1.87. The van der Waals surface area contributed by atoms with E-state index in [0.717, 1.165) is 5.56 Å². The van der Waals surface area contributed by atoms with E-state index in [9.17, 15) is 39.6 Å². The van der Waals surface area contributed by atoms with Crippen LogP contribution in [0.2, 0.25) is 0 Å². The van der Waals surface area contributed by atoms with Crippen molar-refractivity contribution in [2.45, 2.75) is 50.7 Å². The lowest BCUT2D eigenvalue weighted by atomic mass is 9.57. The number of carbonyl (C=O) groups excluding carboxylic acids is 4. The topological polar surface area (TPSA) is 182 Å². The van der Waals surface area contributed by atoms with Gasteiger partial charge in [0, 0.05) is 17.9 Å². The van der Waals surface area contributed by atoms with Crippen LogP contribution in [0, 0.1) is 11.8 Å². The van der Waals surface area contributed by atoms with Crippen LogP contribution in [0.5, 0.6) is 5.75 Å². The zero-order valence-electron chi connectivity index (χ0n) is 23.4. The number of aliphatic hydroxyl groups excluding tert-OH is 2. The molecule has 1 amide bonds. The van der Waals surface area contributed by atoms with Crippen molar-refractivity contribution in [1.29, 1.82) is 0 Å². The number of nitrogens with two attached hydrogens (primary N) is 1. The number of carbonyl (C=O) groups is 4. The van der Waals surface area contributed by atoms with Gasteiger partial charge >= 0.3 is 0 Å². The second kappa shape index (κ2) is 10.5. The summed E-state index contributed by atoms with van der Waals surface area (Å²) in [4.78, 5) is 54.8. The molecule has 40 heavy (non-hydrogen) atoms. The van der Waals surface area contributed by atoms with Crippen molar-refractivity contribution in [3.05, 3.63) is 45.2 Å². The molecule has 1 unspecified atom stereocenters. The zero-order chi connectivity index (χ0) is 29.8. The third-order valence-electron chi connectivity index (χ3n) is 8.44. The predicted molar refractivity (Wildman–Crippen MR) is 146 cm³/mol. The Labute approximate surface area is 232 Å². The summed E-state index contributed by atoms with van der Waals surface area (Å²) in [7, 11) is 6.69. The number of aromatic hydroxyl groups is 1. The summed E-state index contributed by atoms with van der Waals surface area (Å²) in [6.07, 6.45) is 1.23. The van der Waals surface area contributed by atoms with Gasteiger partial charge in [-0.25, -0.2) is 0 Å². The lowest BCUT2D eigenvalue weighted by Crippen LogP contribution is -2.65. The summed E-state index contributed by atoms with van der Waals surface area (Å²) in [6.45, 7) is 2.17. The minimum absolute atomic E-state index is 0.0201. The number of aliphatic hydroxyl groups is 3. The molecule has 11 heteroatoms. The number of phenolic OH excluding ortho intramolecular Hbond substituents is 1. The summed E-state index contributed by atoms with van der Waals surface area (Å²) < 4.78 is 0. The summed E-state index contributed by atoms with van der Waals surface area (Å²) >= 11 is 0. The lowest BCUT2D eigenvalue weighted by molar-refractivity contribution is -0.153. The number of nitrogens with zero attached hydrogens (tertiary/aromatic N) is 2. The van der Waals surface area contributed by atoms with E-state index in [0.29, 0.717) is 17.5 Å². The van der Waals surface area contributed by atoms with Crippen LogP contribution in [0.15, 0.2) is 23.0 Å². The van der Waals surface area contributed by atoms with Gasteiger partial charge in [0.2, 0.25) is 5.78 Å². The van der Waals surface area contributed by atoms with E-state index < -0.39 is 58.0 Å². The molecule has 0 spiro atoms. The van der Waals surface area contributed by atoms with Crippen LogP contribution in [0.25, 0.3) is 5.76 Å². The van der Waals surface area contributed by atoms with Gasteiger partial charge in [0.25, 0.3) is 5.91 Å². The van der Waals surface area contributed by atoms with E-state index in [-0.39, 0.29) is 54.9 Å². The fourth-order valence-electron chi connectivity index (χ4n) is 6.66. The molecule has 0 saturated heterocycles. The summed E-state index contributed by atoms with van der Waals surface area (Å²) in [5, 5.41) is 45.4. The fourth-order valence-corrected chi connectivity index (χ4v) is 6.66. The van der Waals surface area contributed by atoms with Crippen LogP contribution in [0.3, 0.4) is 0 Å². The number of benzene rings is 1. The van der Waals surface area contributed by atoms with Crippen LogP contribution >= 0.6 is 0 Å². The van der Waals surface area contributed by atoms with E-state index in [4.69, 9.17) is 5.73 Å². The molecule has 3 aliphatic carbocycles. The molecular formula is C29H37N3O8. The summed E-state index contributed by atoms with van der Waals surface area (Å²) in [5.74, 6) is -6.76. The van der Waals surface area contributed by atoms with Crippen molar-refractivity contribution in [3.8, 4) is 5.75 Å². The van der Waals surface area contributed by atoms with Crippen molar-refractivity contribution in [1.82, 2.24) is 9.80 Å². The Bertz CT molecular complexity index is 1380. The molecule has 11 nitrogen and oxygen atoms in total. The molecule has 0 aromatic heterocycles. The molecule has 1 fully saturated rings. The average molecular weight is 556 g/mol. The summed E-state index contributed by atoms with van der Waals surface area (Å²) in [6, 6.07) is 0.690. The van der Waals surface area contributed by atoms with E-state index in [1.807, 2.05) is 13.0 Å². The Morgan fingerprint density at radius 1 is 1.10 bits per heavy atom. The molecule has 4 atom stereocenters. The van der Waals surface area contributed by atoms with Gasteiger partial charge in [-0.05, 0) is 76.5 Å². The molecule has 4 rings (SSSR count). The van der Waals surface area contributed by atoms with Gasteiger partial charge in [-0.15, -0.1) is 0 Å². The van der Waals surface area contributed by atoms with Gasteiger partial charge in [-0.2, -0.15) is 0 Å². The molecule has 6 N–H and O–H groups in total. The Hall–Kier alpha value is -3.54. The van der Waals surface area contributed by atoms with E-state index in [2.05, 4.69) is 0 Å². The van der Waals surface area contributed by atoms with Crippen LogP contribution in [0.4, 0.5) is 0 Å². The number of primary amides is 1. The van der Waals surface area contributed by atoms with Gasteiger partial charge in [-0.3, -0.25) is 24.1 Å². The number of hydrogen-bond donors (Lipinski definition) is 5. The largest absolute Gasteiger partial charge is 0.508 e. The Kier molecular flexibility index (Phi) is 7.70. The number of aryl methyl sites for hydroxylation is 2. The maximum Gasteiger partial charge on any atom is 0.255 e. The molecule has 1 aromatic rings. The molecule has 0 bridgehead atoms. The quantitative estimate of drug-likeness (QED) is 0.285. The highest BCUT2D eigenvalue weighted by molar-refractivity contribution is 6.24. The second-order valence-electron chi connectivity index (χ2n) is 11.5. The van der Waals surface area contributed by atoms with Crippen LogP contribution in [-0.4, -0.2) is 99.9 Å². The lowest BCUT2D eigenvalue weighted by Gasteiger charge is -2.50. The molecule has 0 aliphatic heterocycles. The van der Waals surface area contributed by atoms with Crippen molar-refractivity contribution in [2.75, 3.05) is 34.7 Å². The number of ketones is 3. The maximum atomic E-state index is 14.0. The third kappa shape index (κ3) is 4.42. The monoisotopic (exact) mass is 555 g/mol. The first-order chi connectivity index (χ1) is 18.7. The first-order valence-electron chi connectivity index (χ1n) is 13.3. The Morgan fingerprint density at radius 2 is 1.75 bits per heavy atom. The predicted octanol–water partition coefficient (Wildman–Crippen LogP) is 0.590. The van der Waals surface area contributed by atoms with Gasteiger partial charge in [-0.1, -0.05) is 13.0 Å². The number of phenols is 1. The minimum Gasteiger partial charge on any atom is -0.508 e.